The molecule has 1 aromatic rings. The van der Waals surface area contributed by atoms with Gasteiger partial charge in [0.05, 0.1) is 5.29 Å². The number of Topliss-reactive ketones (excluding diaryl/α,β-unsaturated/α-hetero) is 1. The van der Waals surface area contributed by atoms with Crippen molar-refractivity contribution >= 4 is 5.78 Å². The Morgan fingerprint density at radius 2 is 1.93 bits per heavy atom. The molecule has 1 unspecified atom stereocenters. The summed E-state index contributed by atoms with van der Waals surface area (Å²) in [6.45, 7) is 1.65. The van der Waals surface area contributed by atoms with Gasteiger partial charge in [-0.25, -0.2) is 0 Å². The lowest BCUT2D eigenvalue weighted by Gasteiger charge is -2.16. The Bertz CT molecular complexity index is 324. The molecule has 0 spiro atoms. The van der Waals surface area contributed by atoms with Crippen molar-refractivity contribution in [3.63, 3.8) is 0 Å². The van der Waals surface area contributed by atoms with Gasteiger partial charge >= 0.3 is 0 Å². The summed E-state index contributed by atoms with van der Waals surface area (Å²) < 4.78 is 0. The first-order chi connectivity index (χ1) is 6.66. The van der Waals surface area contributed by atoms with Gasteiger partial charge in [-0.15, -0.1) is 4.91 Å². The third kappa shape index (κ3) is 2.16. The molecular formula is C10H12N2O2. The smallest absolute Gasteiger partial charge is 0.186 e. The van der Waals surface area contributed by atoms with Crippen molar-refractivity contribution in [3.8, 4) is 0 Å². The number of rotatable bonds is 4. The van der Waals surface area contributed by atoms with Gasteiger partial charge in [0.15, 0.2) is 5.78 Å². The zero-order valence-electron chi connectivity index (χ0n) is 8.18. The van der Waals surface area contributed by atoms with Crippen molar-refractivity contribution in [1.29, 1.82) is 0 Å². The van der Waals surface area contributed by atoms with E-state index in [1.807, 2.05) is 6.07 Å². The van der Waals surface area contributed by atoms with E-state index in [0.29, 0.717) is 5.56 Å². The summed E-state index contributed by atoms with van der Waals surface area (Å²) >= 11 is 0. The molecule has 74 valence electrons. The summed E-state index contributed by atoms with van der Waals surface area (Å²) in [5, 5.41) is 3.80. The molecule has 4 heteroatoms. The molecule has 1 atom stereocenters. The fourth-order valence-electron chi connectivity index (χ4n) is 1.08. The number of likely N-dealkylation sites (N-methyl/N-ethyl adjacent to an activating group) is 1. The number of hydrogen-bond acceptors (Lipinski definition) is 3. The molecular weight excluding hydrogens is 180 g/mol. The summed E-state index contributed by atoms with van der Waals surface area (Å²) in [4.78, 5) is 21.9. The summed E-state index contributed by atoms with van der Waals surface area (Å²) in [7, 11) is 1.48. The first-order valence-corrected chi connectivity index (χ1v) is 4.32. The van der Waals surface area contributed by atoms with Gasteiger partial charge in [0.25, 0.3) is 0 Å². The first kappa shape index (κ1) is 10.4. The van der Waals surface area contributed by atoms with Crippen molar-refractivity contribution in [2.75, 3.05) is 7.05 Å². The average molecular weight is 192 g/mol. The van der Waals surface area contributed by atoms with Crippen LogP contribution in [0, 0.1) is 4.91 Å². The van der Waals surface area contributed by atoms with Crippen LogP contribution in [-0.2, 0) is 0 Å². The van der Waals surface area contributed by atoms with E-state index in [4.69, 9.17) is 0 Å². The number of nitroso groups, excluding NO2 is 1. The van der Waals surface area contributed by atoms with Gasteiger partial charge in [-0.05, 0) is 6.92 Å². The van der Waals surface area contributed by atoms with Crippen LogP contribution in [0.4, 0.5) is 0 Å². The minimum absolute atomic E-state index is 0.104. The number of ketones is 1. The molecule has 14 heavy (non-hydrogen) atoms. The Morgan fingerprint density at radius 1 is 1.36 bits per heavy atom. The Morgan fingerprint density at radius 3 is 2.43 bits per heavy atom. The monoisotopic (exact) mass is 192 g/mol. The highest BCUT2D eigenvalue weighted by atomic mass is 16.3. The van der Waals surface area contributed by atoms with Crippen LogP contribution in [0.15, 0.2) is 35.6 Å². The van der Waals surface area contributed by atoms with E-state index in [9.17, 15) is 9.70 Å². The first-order valence-electron chi connectivity index (χ1n) is 4.32. The van der Waals surface area contributed by atoms with Crippen LogP contribution in [0.3, 0.4) is 0 Å². The van der Waals surface area contributed by atoms with Crippen LogP contribution in [0.25, 0.3) is 0 Å². The van der Waals surface area contributed by atoms with Crippen molar-refractivity contribution < 1.29 is 4.79 Å². The minimum atomic E-state index is -0.519. The van der Waals surface area contributed by atoms with Crippen LogP contribution < -0.4 is 0 Å². The molecule has 0 aliphatic heterocycles. The van der Waals surface area contributed by atoms with Crippen LogP contribution in [0.1, 0.15) is 17.3 Å². The van der Waals surface area contributed by atoms with E-state index >= 15 is 0 Å². The van der Waals surface area contributed by atoms with E-state index in [-0.39, 0.29) is 5.78 Å². The topological polar surface area (TPSA) is 49.7 Å². The lowest BCUT2D eigenvalue weighted by Crippen LogP contribution is -2.31. The lowest BCUT2D eigenvalue weighted by atomic mass is 10.1. The van der Waals surface area contributed by atoms with E-state index in [0.717, 1.165) is 5.01 Å². The molecule has 0 saturated heterocycles. The maximum atomic E-state index is 11.7. The zero-order chi connectivity index (χ0) is 10.6. The molecule has 0 amide bonds. The molecule has 0 heterocycles. The highest BCUT2D eigenvalue weighted by Crippen LogP contribution is 2.07. The van der Waals surface area contributed by atoms with Crippen molar-refractivity contribution in [2.45, 2.75) is 13.0 Å². The SMILES string of the molecule is CC(C(=O)c1ccccc1)N(C)N=O. The van der Waals surface area contributed by atoms with Gasteiger partial charge in [0.2, 0.25) is 0 Å². The molecule has 0 saturated carbocycles. The number of carbonyl (C=O) groups is 1. The van der Waals surface area contributed by atoms with Gasteiger partial charge in [-0.2, -0.15) is 0 Å². The number of nitrogens with zero attached hydrogens (tertiary/aromatic N) is 2. The second-order valence-corrected chi connectivity index (χ2v) is 3.06. The van der Waals surface area contributed by atoms with E-state index in [1.165, 1.54) is 7.05 Å². The van der Waals surface area contributed by atoms with Gasteiger partial charge in [0.1, 0.15) is 6.04 Å². The van der Waals surface area contributed by atoms with E-state index in [1.54, 1.807) is 31.2 Å². The summed E-state index contributed by atoms with van der Waals surface area (Å²) in [6.07, 6.45) is 0. The second-order valence-electron chi connectivity index (χ2n) is 3.06. The largest absolute Gasteiger partial charge is 0.292 e. The van der Waals surface area contributed by atoms with E-state index in [2.05, 4.69) is 5.29 Å². The number of benzene rings is 1. The minimum Gasteiger partial charge on any atom is -0.292 e. The van der Waals surface area contributed by atoms with Gasteiger partial charge in [0, 0.05) is 12.6 Å². The molecule has 1 rings (SSSR count). The third-order valence-corrected chi connectivity index (χ3v) is 2.13. The summed E-state index contributed by atoms with van der Waals surface area (Å²) in [6, 6.07) is 8.33. The predicted molar refractivity (Wildman–Crippen MR) is 53.8 cm³/mol. The van der Waals surface area contributed by atoms with Crippen molar-refractivity contribution in [3.05, 3.63) is 40.8 Å². The molecule has 0 aromatic heterocycles. The molecule has 0 radical (unpaired) electrons. The summed E-state index contributed by atoms with van der Waals surface area (Å²) in [5.74, 6) is -0.104. The quantitative estimate of drug-likeness (QED) is 0.415. The highest BCUT2D eigenvalue weighted by Gasteiger charge is 2.18. The zero-order valence-corrected chi connectivity index (χ0v) is 8.18. The second kappa shape index (κ2) is 4.50. The van der Waals surface area contributed by atoms with Gasteiger partial charge in [-0.3, -0.25) is 9.80 Å². The molecule has 0 fully saturated rings. The van der Waals surface area contributed by atoms with Crippen molar-refractivity contribution in [2.24, 2.45) is 5.29 Å². The molecule has 1 aromatic carbocycles. The maximum Gasteiger partial charge on any atom is 0.186 e. The molecule has 0 aliphatic carbocycles. The highest BCUT2D eigenvalue weighted by molar-refractivity contribution is 5.99. The Labute approximate surface area is 82.5 Å². The van der Waals surface area contributed by atoms with Crippen LogP contribution in [0.5, 0.6) is 0 Å². The Kier molecular flexibility index (Phi) is 3.34. The van der Waals surface area contributed by atoms with Crippen LogP contribution in [0.2, 0.25) is 0 Å². The Hall–Kier alpha value is -1.71. The fourth-order valence-corrected chi connectivity index (χ4v) is 1.08. The normalized spacial score (nSPS) is 11.9. The summed E-state index contributed by atoms with van der Waals surface area (Å²) in [5.41, 5.74) is 0.593. The third-order valence-electron chi connectivity index (χ3n) is 2.13. The van der Waals surface area contributed by atoms with Crippen LogP contribution >= 0.6 is 0 Å². The number of carbonyl (C=O) groups excluding carboxylic acids is 1. The number of hydrogen-bond donors (Lipinski definition) is 0. The molecule has 0 bridgehead atoms. The van der Waals surface area contributed by atoms with Gasteiger partial charge in [-0.1, -0.05) is 30.3 Å². The van der Waals surface area contributed by atoms with Gasteiger partial charge < -0.3 is 0 Å². The Balaban J connectivity index is 2.81. The maximum absolute atomic E-state index is 11.7. The lowest BCUT2D eigenvalue weighted by molar-refractivity contribution is 0.0870. The van der Waals surface area contributed by atoms with Crippen molar-refractivity contribution in [1.82, 2.24) is 5.01 Å². The molecule has 0 aliphatic rings. The molecule has 0 N–H and O–H groups in total. The van der Waals surface area contributed by atoms with Crippen LogP contribution in [-0.4, -0.2) is 23.9 Å². The average Bonchev–Trinajstić information content (AvgIpc) is 2.27. The standard InChI is InChI=1S/C10H12N2O2/c1-8(12(2)11-14)10(13)9-6-4-3-5-7-9/h3-8H,1-2H3. The van der Waals surface area contributed by atoms with E-state index < -0.39 is 6.04 Å². The molecule has 4 nitrogen and oxygen atoms in total. The fraction of sp³-hybridized carbons (Fsp3) is 0.300. The predicted octanol–water partition coefficient (Wildman–Crippen LogP) is 1.87.